The third-order valence-corrected chi connectivity index (χ3v) is 5.22. The number of nitrogens with one attached hydrogen (secondary N) is 1. The number of hydrogen-bond acceptors (Lipinski definition) is 6. The van der Waals surface area contributed by atoms with E-state index in [2.05, 4.69) is 22.4 Å². The maximum Gasteiger partial charge on any atom is 0.234 e. The molecule has 2 aliphatic heterocycles. The molecule has 2 aromatic rings. The van der Waals surface area contributed by atoms with Crippen LogP contribution in [0.15, 0.2) is 0 Å². The van der Waals surface area contributed by atoms with Crippen molar-refractivity contribution in [1.29, 1.82) is 0 Å². The fourth-order valence-corrected chi connectivity index (χ4v) is 4.00. The van der Waals surface area contributed by atoms with Gasteiger partial charge in [-0.1, -0.05) is 18.3 Å². The van der Waals surface area contributed by atoms with Gasteiger partial charge in [0, 0.05) is 6.61 Å². The van der Waals surface area contributed by atoms with Crippen LogP contribution in [-0.4, -0.2) is 33.0 Å². The molecule has 4 rings (SSSR count). The molecule has 0 amide bonds. The first-order valence-electron chi connectivity index (χ1n) is 7.38. The van der Waals surface area contributed by atoms with Crippen molar-refractivity contribution in [3.63, 3.8) is 0 Å². The molecule has 0 bridgehead atoms. The van der Waals surface area contributed by atoms with Crippen molar-refractivity contribution in [2.24, 2.45) is 5.92 Å². The summed E-state index contributed by atoms with van der Waals surface area (Å²) in [7, 11) is 0. The SMILES string of the molecule is CC1CCNC(c2nn3c(C4CCCO4)nnc3s2)C1. The molecule has 0 radical (unpaired) electrons. The predicted octanol–water partition coefficient (Wildman–Crippen LogP) is 2.10. The Kier molecular flexibility index (Phi) is 3.20. The minimum atomic E-state index is 0.0678. The van der Waals surface area contributed by atoms with Gasteiger partial charge in [0.25, 0.3) is 0 Å². The highest BCUT2D eigenvalue weighted by Gasteiger charge is 2.27. The van der Waals surface area contributed by atoms with Gasteiger partial charge < -0.3 is 10.1 Å². The Balaban J connectivity index is 1.65. The third kappa shape index (κ3) is 2.13. The molecular weight excluding hydrogens is 274 g/mol. The average molecular weight is 293 g/mol. The minimum absolute atomic E-state index is 0.0678. The van der Waals surface area contributed by atoms with Crippen LogP contribution in [-0.2, 0) is 4.74 Å². The number of hydrogen-bond donors (Lipinski definition) is 1. The van der Waals surface area contributed by atoms with E-state index in [4.69, 9.17) is 9.84 Å². The lowest BCUT2D eigenvalue weighted by Gasteiger charge is -2.26. The van der Waals surface area contributed by atoms with Gasteiger partial charge in [-0.05, 0) is 38.1 Å². The number of fused-ring (bicyclic) bond motifs is 1. The molecule has 0 aromatic carbocycles. The van der Waals surface area contributed by atoms with Crippen molar-refractivity contribution in [1.82, 2.24) is 25.1 Å². The summed E-state index contributed by atoms with van der Waals surface area (Å²) in [5, 5.41) is 17.9. The molecule has 2 fully saturated rings. The van der Waals surface area contributed by atoms with Crippen LogP contribution in [0.3, 0.4) is 0 Å². The summed E-state index contributed by atoms with van der Waals surface area (Å²) in [6.45, 7) is 4.20. The average Bonchev–Trinajstić information content (AvgIpc) is 3.14. The first-order valence-corrected chi connectivity index (χ1v) is 8.20. The molecule has 3 unspecified atom stereocenters. The number of nitrogens with zero attached hydrogens (tertiary/aromatic N) is 4. The molecule has 1 N–H and O–H groups in total. The standard InChI is InChI=1S/C13H19N5OS/c1-8-4-5-14-9(7-8)12-17-18-11(10-3-2-6-19-10)15-16-13(18)20-12/h8-10,14H,2-7H2,1H3. The van der Waals surface area contributed by atoms with E-state index in [-0.39, 0.29) is 6.10 Å². The molecule has 7 heteroatoms. The molecule has 0 spiro atoms. The zero-order valence-corrected chi connectivity index (χ0v) is 12.4. The van der Waals surface area contributed by atoms with Crippen molar-refractivity contribution in [3.8, 4) is 0 Å². The Bertz CT molecular complexity index is 603. The van der Waals surface area contributed by atoms with E-state index < -0.39 is 0 Å². The Morgan fingerprint density at radius 2 is 2.30 bits per heavy atom. The number of ether oxygens (including phenoxy) is 1. The van der Waals surface area contributed by atoms with Crippen molar-refractivity contribution in [2.45, 2.75) is 44.8 Å². The smallest absolute Gasteiger partial charge is 0.234 e. The highest BCUT2D eigenvalue weighted by atomic mass is 32.1. The largest absolute Gasteiger partial charge is 0.370 e. The van der Waals surface area contributed by atoms with Gasteiger partial charge in [-0.3, -0.25) is 0 Å². The number of rotatable bonds is 2. The second kappa shape index (κ2) is 5.05. The molecule has 2 aromatic heterocycles. The normalized spacial score (nSPS) is 31.1. The van der Waals surface area contributed by atoms with Crippen LogP contribution in [0.25, 0.3) is 4.96 Å². The van der Waals surface area contributed by atoms with E-state index in [9.17, 15) is 0 Å². The van der Waals surface area contributed by atoms with Gasteiger partial charge in [0.1, 0.15) is 11.1 Å². The molecule has 3 atom stereocenters. The van der Waals surface area contributed by atoms with E-state index in [0.717, 1.165) is 54.1 Å². The van der Waals surface area contributed by atoms with Gasteiger partial charge in [-0.15, -0.1) is 10.2 Å². The van der Waals surface area contributed by atoms with Gasteiger partial charge >= 0.3 is 0 Å². The van der Waals surface area contributed by atoms with Crippen molar-refractivity contribution in [3.05, 3.63) is 10.8 Å². The monoisotopic (exact) mass is 293 g/mol. The second-order valence-electron chi connectivity index (χ2n) is 5.83. The van der Waals surface area contributed by atoms with E-state index >= 15 is 0 Å². The lowest BCUT2D eigenvalue weighted by atomic mass is 9.95. The van der Waals surface area contributed by atoms with E-state index in [1.807, 2.05) is 4.52 Å². The molecule has 2 aliphatic rings. The Morgan fingerprint density at radius 1 is 1.35 bits per heavy atom. The van der Waals surface area contributed by atoms with Gasteiger partial charge in [0.2, 0.25) is 4.96 Å². The summed E-state index contributed by atoms with van der Waals surface area (Å²) in [5.41, 5.74) is 0. The quantitative estimate of drug-likeness (QED) is 0.918. The summed E-state index contributed by atoms with van der Waals surface area (Å²) in [6, 6.07) is 0.364. The molecule has 4 heterocycles. The first-order chi connectivity index (χ1) is 9.81. The van der Waals surface area contributed by atoms with Crippen LogP contribution in [0.1, 0.15) is 55.6 Å². The molecule has 108 valence electrons. The van der Waals surface area contributed by atoms with E-state index in [1.54, 1.807) is 11.3 Å². The van der Waals surface area contributed by atoms with Crippen molar-refractivity contribution >= 4 is 16.3 Å². The molecule has 20 heavy (non-hydrogen) atoms. The van der Waals surface area contributed by atoms with Crippen LogP contribution in [0.4, 0.5) is 0 Å². The second-order valence-corrected chi connectivity index (χ2v) is 6.82. The zero-order chi connectivity index (χ0) is 13.5. The van der Waals surface area contributed by atoms with E-state index in [0.29, 0.717) is 6.04 Å². The Hall–Kier alpha value is -1.05. The van der Waals surface area contributed by atoms with Gasteiger partial charge in [-0.25, -0.2) is 0 Å². The summed E-state index contributed by atoms with van der Waals surface area (Å²) in [4.78, 5) is 0.880. The molecule has 6 nitrogen and oxygen atoms in total. The third-order valence-electron chi connectivity index (χ3n) is 4.21. The fourth-order valence-electron chi connectivity index (χ4n) is 3.07. The predicted molar refractivity (Wildman–Crippen MR) is 75.7 cm³/mol. The van der Waals surface area contributed by atoms with Gasteiger partial charge in [0.15, 0.2) is 5.82 Å². The van der Waals surface area contributed by atoms with Crippen LogP contribution in [0.2, 0.25) is 0 Å². The highest BCUT2D eigenvalue weighted by Crippen LogP contribution is 2.32. The number of aromatic nitrogens is 4. The Morgan fingerprint density at radius 3 is 3.10 bits per heavy atom. The molecule has 0 aliphatic carbocycles. The fraction of sp³-hybridized carbons (Fsp3) is 0.769. The number of piperidine rings is 1. The maximum atomic E-state index is 5.70. The zero-order valence-electron chi connectivity index (χ0n) is 11.6. The maximum absolute atomic E-state index is 5.70. The summed E-state index contributed by atoms with van der Waals surface area (Å²) in [6.07, 6.45) is 4.59. The summed E-state index contributed by atoms with van der Waals surface area (Å²) >= 11 is 1.65. The van der Waals surface area contributed by atoms with Crippen molar-refractivity contribution < 1.29 is 4.74 Å². The lowest BCUT2D eigenvalue weighted by Crippen LogP contribution is -2.30. The first kappa shape index (κ1) is 12.7. The van der Waals surface area contributed by atoms with Crippen molar-refractivity contribution in [2.75, 3.05) is 13.2 Å². The van der Waals surface area contributed by atoms with Crippen LogP contribution < -0.4 is 5.32 Å². The van der Waals surface area contributed by atoms with Crippen LogP contribution in [0.5, 0.6) is 0 Å². The summed E-state index contributed by atoms with van der Waals surface area (Å²) < 4.78 is 7.59. The van der Waals surface area contributed by atoms with Gasteiger partial charge in [-0.2, -0.15) is 9.61 Å². The minimum Gasteiger partial charge on any atom is -0.370 e. The molecule has 2 saturated heterocycles. The van der Waals surface area contributed by atoms with Gasteiger partial charge in [0.05, 0.1) is 6.04 Å². The summed E-state index contributed by atoms with van der Waals surface area (Å²) in [5.74, 6) is 1.62. The molecular formula is C13H19N5OS. The van der Waals surface area contributed by atoms with Crippen LogP contribution in [0, 0.1) is 5.92 Å². The van der Waals surface area contributed by atoms with Crippen LogP contribution >= 0.6 is 11.3 Å². The molecule has 0 saturated carbocycles. The highest BCUT2D eigenvalue weighted by molar-refractivity contribution is 7.16. The topological polar surface area (TPSA) is 64.3 Å². The lowest BCUT2D eigenvalue weighted by molar-refractivity contribution is 0.103. The Labute approximate surface area is 121 Å². The van der Waals surface area contributed by atoms with E-state index in [1.165, 1.54) is 6.42 Å².